The fourth-order valence-electron chi connectivity index (χ4n) is 1.65. The highest BCUT2D eigenvalue weighted by Gasteiger charge is 2.13. The van der Waals surface area contributed by atoms with Crippen LogP contribution in [0.3, 0.4) is 0 Å². The van der Waals surface area contributed by atoms with E-state index in [0.29, 0.717) is 5.02 Å². The number of aliphatic hydroxyl groups is 1. The predicted octanol–water partition coefficient (Wildman–Crippen LogP) is 5.12. The molecule has 0 bridgehead atoms. The standard InChI is InChI=1S/C13H11ClOS/c1-3-5-9-10-6-4-7-11(14)13(10)16-12(9)8(2)15/h3-7,15H,2H2,1H3/b5-3-. The zero-order valence-corrected chi connectivity index (χ0v) is 10.4. The van der Waals surface area contributed by atoms with Gasteiger partial charge in [0.2, 0.25) is 0 Å². The number of hydrogen-bond acceptors (Lipinski definition) is 2. The highest BCUT2D eigenvalue weighted by atomic mass is 35.5. The molecule has 0 saturated carbocycles. The number of benzene rings is 1. The Labute approximate surface area is 103 Å². The molecule has 82 valence electrons. The Kier molecular flexibility index (Phi) is 3.03. The topological polar surface area (TPSA) is 20.2 Å². The molecule has 0 aliphatic carbocycles. The number of aliphatic hydroxyl groups excluding tert-OH is 1. The minimum Gasteiger partial charge on any atom is -0.507 e. The summed E-state index contributed by atoms with van der Waals surface area (Å²) < 4.78 is 0.988. The smallest absolute Gasteiger partial charge is 0.126 e. The van der Waals surface area contributed by atoms with Crippen molar-refractivity contribution < 1.29 is 5.11 Å². The van der Waals surface area contributed by atoms with Crippen molar-refractivity contribution in [2.75, 3.05) is 0 Å². The van der Waals surface area contributed by atoms with Crippen molar-refractivity contribution in [2.24, 2.45) is 0 Å². The molecule has 16 heavy (non-hydrogen) atoms. The molecule has 3 heteroatoms. The molecule has 1 nitrogen and oxygen atoms in total. The van der Waals surface area contributed by atoms with E-state index < -0.39 is 0 Å². The summed E-state index contributed by atoms with van der Waals surface area (Å²) in [6, 6.07) is 5.76. The third-order valence-electron chi connectivity index (χ3n) is 2.30. The van der Waals surface area contributed by atoms with Crippen LogP contribution in [0.4, 0.5) is 0 Å². The summed E-state index contributed by atoms with van der Waals surface area (Å²) in [6.07, 6.45) is 3.90. The normalized spacial score (nSPS) is 11.4. The highest BCUT2D eigenvalue weighted by Crippen LogP contribution is 2.38. The van der Waals surface area contributed by atoms with Gasteiger partial charge in [0.05, 0.1) is 14.6 Å². The van der Waals surface area contributed by atoms with Gasteiger partial charge in [-0.2, -0.15) is 0 Å². The highest BCUT2D eigenvalue weighted by molar-refractivity contribution is 7.21. The van der Waals surface area contributed by atoms with Crippen molar-refractivity contribution in [1.29, 1.82) is 0 Å². The van der Waals surface area contributed by atoms with Gasteiger partial charge in [-0.1, -0.05) is 42.5 Å². The van der Waals surface area contributed by atoms with E-state index in [1.807, 2.05) is 37.3 Å². The molecule has 1 aromatic heterocycles. The van der Waals surface area contributed by atoms with Crippen molar-refractivity contribution in [3.8, 4) is 0 Å². The van der Waals surface area contributed by atoms with Gasteiger partial charge in [-0.3, -0.25) is 0 Å². The van der Waals surface area contributed by atoms with Gasteiger partial charge in [0.1, 0.15) is 5.76 Å². The third-order valence-corrected chi connectivity index (χ3v) is 4.03. The average Bonchev–Trinajstić information content (AvgIpc) is 2.60. The Morgan fingerprint density at radius 1 is 1.50 bits per heavy atom. The van der Waals surface area contributed by atoms with Gasteiger partial charge >= 0.3 is 0 Å². The molecule has 1 N–H and O–H groups in total. The van der Waals surface area contributed by atoms with E-state index >= 15 is 0 Å². The Balaban J connectivity index is 2.86. The van der Waals surface area contributed by atoms with Crippen LogP contribution in [0.2, 0.25) is 5.02 Å². The molecule has 0 fully saturated rings. The number of allylic oxidation sites excluding steroid dienone is 1. The van der Waals surface area contributed by atoms with Crippen LogP contribution < -0.4 is 0 Å². The van der Waals surface area contributed by atoms with E-state index in [2.05, 4.69) is 6.58 Å². The first kappa shape index (κ1) is 11.2. The van der Waals surface area contributed by atoms with Crippen LogP contribution in [0.1, 0.15) is 17.4 Å². The lowest BCUT2D eigenvalue weighted by atomic mass is 10.1. The lowest BCUT2D eigenvalue weighted by Gasteiger charge is -1.96. The number of thiophene rings is 1. The van der Waals surface area contributed by atoms with Gasteiger partial charge in [-0.25, -0.2) is 0 Å². The molecule has 2 rings (SSSR count). The maximum absolute atomic E-state index is 9.56. The summed E-state index contributed by atoms with van der Waals surface area (Å²) in [5.41, 5.74) is 0.984. The predicted molar refractivity (Wildman–Crippen MR) is 73.2 cm³/mol. The molecule has 0 radical (unpaired) electrons. The fourth-order valence-corrected chi connectivity index (χ4v) is 3.00. The van der Waals surface area contributed by atoms with E-state index in [1.165, 1.54) is 11.3 Å². The van der Waals surface area contributed by atoms with Gasteiger partial charge < -0.3 is 5.11 Å². The Morgan fingerprint density at radius 2 is 2.25 bits per heavy atom. The van der Waals surface area contributed by atoms with Gasteiger partial charge in [-0.05, 0) is 13.0 Å². The summed E-state index contributed by atoms with van der Waals surface area (Å²) in [7, 11) is 0. The second-order valence-corrected chi connectivity index (χ2v) is 4.84. The molecular weight excluding hydrogens is 240 g/mol. The Bertz CT molecular complexity index is 581. The molecule has 0 saturated heterocycles. The van der Waals surface area contributed by atoms with E-state index in [0.717, 1.165) is 20.5 Å². The summed E-state index contributed by atoms with van der Waals surface area (Å²) in [5, 5.41) is 11.3. The number of rotatable bonds is 2. The van der Waals surface area contributed by atoms with Crippen LogP contribution in [0.15, 0.2) is 30.9 Å². The summed E-state index contributed by atoms with van der Waals surface area (Å²) in [4.78, 5) is 0.779. The molecule has 0 amide bonds. The molecule has 1 heterocycles. The average molecular weight is 251 g/mol. The summed E-state index contributed by atoms with van der Waals surface area (Å²) in [5.74, 6) is 0.0883. The molecule has 0 aliphatic rings. The first-order chi connectivity index (χ1) is 7.65. The van der Waals surface area contributed by atoms with Crippen LogP contribution in [-0.4, -0.2) is 5.11 Å². The first-order valence-electron chi connectivity index (χ1n) is 4.87. The van der Waals surface area contributed by atoms with Gasteiger partial charge in [0.25, 0.3) is 0 Å². The monoisotopic (exact) mass is 250 g/mol. The Hall–Kier alpha value is -1.25. The first-order valence-corrected chi connectivity index (χ1v) is 6.06. The Morgan fingerprint density at radius 3 is 2.88 bits per heavy atom. The van der Waals surface area contributed by atoms with Crippen molar-refractivity contribution >= 4 is 44.9 Å². The molecule has 0 atom stereocenters. The van der Waals surface area contributed by atoms with Gasteiger partial charge in [0.15, 0.2) is 0 Å². The quantitative estimate of drug-likeness (QED) is 0.734. The van der Waals surface area contributed by atoms with Crippen molar-refractivity contribution in [3.05, 3.63) is 46.3 Å². The summed E-state index contributed by atoms with van der Waals surface area (Å²) in [6.45, 7) is 5.52. The maximum Gasteiger partial charge on any atom is 0.126 e. The number of hydrogen-bond donors (Lipinski definition) is 1. The fraction of sp³-hybridized carbons (Fsp3) is 0.0769. The minimum atomic E-state index is 0.0883. The summed E-state index contributed by atoms with van der Waals surface area (Å²) >= 11 is 7.59. The zero-order chi connectivity index (χ0) is 11.7. The van der Waals surface area contributed by atoms with Crippen LogP contribution in [0, 0.1) is 0 Å². The van der Waals surface area contributed by atoms with Crippen LogP contribution >= 0.6 is 22.9 Å². The lowest BCUT2D eigenvalue weighted by molar-refractivity contribution is 0.516. The molecule has 2 aromatic rings. The van der Waals surface area contributed by atoms with Crippen LogP contribution in [0.25, 0.3) is 21.9 Å². The molecule has 1 aromatic carbocycles. The van der Waals surface area contributed by atoms with Crippen LogP contribution in [0.5, 0.6) is 0 Å². The van der Waals surface area contributed by atoms with E-state index in [9.17, 15) is 5.11 Å². The molecular formula is C13H11ClOS. The largest absolute Gasteiger partial charge is 0.507 e. The minimum absolute atomic E-state index is 0.0883. The SMILES string of the molecule is C=C(O)c1sc2c(Cl)cccc2c1/C=C\C. The second kappa shape index (κ2) is 4.32. The van der Waals surface area contributed by atoms with E-state index in [-0.39, 0.29) is 5.76 Å². The molecule has 0 unspecified atom stereocenters. The van der Waals surface area contributed by atoms with E-state index in [4.69, 9.17) is 11.6 Å². The number of halogens is 1. The van der Waals surface area contributed by atoms with E-state index in [1.54, 1.807) is 0 Å². The van der Waals surface area contributed by atoms with Gasteiger partial charge in [0, 0.05) is 10.9 Å². The third kappa shape index (κ3) is 1.75. The van der Waals surface area contributed by atoms with Gasteiger partial charge in [-0.15, -0.1) is 11.3 Å². The van der Waals surface area contributed by atoms with Crippen molar-refractivity contribution in [1.82, 2.24) is 0 Å². The lowest BCUT2D eigenvalue weighted by Crippen LogP contribution is -1.78. The zero-order valence-electron chi connectivity index (χ0n) is 8.83. The van der Waals surface area contributed by atoms with Crippen molar-refractivity contribution in [2.45, 2.75) is 6.92 Å². The number of fused-ring (bicyclic) bond motifs is 1. The second-order valence-electron chi connectivity index (χ2n) is 3.41. The van der Waals surface area contributed by atoms with Crippen molar-refractivity contribution in [3.63, 3.8) is 0 Å². The molecule has 0 aliphatic heterocycles. The maximum atomic E-state index is 9.56. The van der Waals surface area contributed by atoms with Crippen LogP contribution in [-0.2, 0) is 0 Å². The molecule has 0 spiro atoms.